The molecule has 0 saturated heterocycles. The van der Waals surface area contributed by atoms with Gasteiger partial charge in [-0.05, 0) is 48.2 Å². The average Bonchev–Trinajstić information content (AvgIpc) is 3.34. The predicted octanol–water partition coefficient (Wildman–Crippen LogP) is 2.58. The third kappa shape index (κ3) is 3.33. The van der Waals surface area contributed by atoms with Crippen LogP contribution in [0.15, 0.2) is 53.4 Å². The Morgan fingerprint density at radius 3 is 2.17 bits per heavy atom. The van der Waals surface area contributed by atoms with E-state index in [2.05, 4.69) is 5.32 Å². The fourth-order valence-electron chi connectivity index (χ4n) is 2.75. The minimum atomic E-state index is -3.22. The van der Waals surface area contributed by atoms with E-state index in [0.29, 0.717) is 6.54 Å². The SMILES string of the molecule is CS(=O)(=O)c1ccc(CNC(=O)C2(c3ccc(F)cc3)CC2)cc1. The molecule has 6 heteroatoms. The zero-order valence-corrected chi connectivity index (χ0v) is 14.1. The van der Waals surface area contributed by atoms with Gasteiger partial charge in [-0.15, -0.1) is 0 Å². The number of rotatable bonds is 5. The highest BCUT2D eigenvalue weighted by molar-refractivity contribution is 7.90. The van der Waals surface area contributed by atoms with Gasteiger partial charge in [0.25, 0.3) is 0 Å². The Kier molecular flexibility index (Phi) is 4.17. The molecular formula is C18H18FNO3S. The molecule has 24 heavy (non-hydrogen) atoms. The molecule has 0 aliphatic heterocycles. The van der Waals surface area contributed by atoms with Gasteiger partial charge in [0, 0.05) is 12.8 Å². The molecule has 1 fully saturated rings. The lowest BCUT2D eigenvalue weighted by molar-refractivity contribution is -0.123. The zero-order valence-electron chi connectivity index (χ0n) is 13.3. The fourth-order valence-corrected chi connectivity index (χ4v) is 3.38. The van der Waals surface area contributed by atoms with Gasteiger partial charge in [0.1, 0.15) is 5.82 Å². The number of halogens is 1. The highest BCUT2D eigenvalue weighted by Crippen LogP contribution is 2.48. The van der Waals surface area contributed by atoms with Crippen LogP contribution in [0.2, 0.25) is 0 Å². The van der Waals surface area contributed by atoms with E-state index in [-0.39, 0.29) is 16.6 Å². The normalized spacial score (nSPS) is 15.8. The molecule has 2 aromatic carbocycles. The molecule has 1 N–H and O–H groups in total. The largest absolute Gasteiger partial charge is 0.351 e. The smallest absolute Gasteiger partial charge is 0.230 e. The van der Waals surface area contributed by atoms with Crippen molar-refractivity contribution >= 4 is 15.7 Å². The van der Waals surface area contributed by atoms with E-state index in [1.54, 1.807) is 24.3 Å². The summed E-state index contributed by atoms with van der Waals surface area (Å²) >= 11 is 0. The third-order valence-corrected chi connectivity index (χ3v) is 5.51. The van der Waals surface area contributed by atoms with Gasteiger partial charge < -0.3 is 5.32 Å². The van der Waals surface area contributed by atoms with E-state index in [1.807, 2.05) is 0 Å². The summed E-state index contributed by atoms with van der Waals surface area (Å²) in [5.74, 6) is -0.401. The molecule has 1 amide bonds. The number of carbonyl (C=O) groups excluding carboxylic acids is 1. The van der Waals surface area contributed by atoms with Crippen LogP contribution in [0, 0.1) is 5.82 Å². The van der Waals surface area contributed by atoms with Crippen LogP contribution >= 0.6 is 0 Å². The number of sulfone groups is 1. The van der Waals surface area contributed by atoms with E-state index in [0.717, 1.165) is 30.2 Å². The van der Waals surface area contributed by atoms with Gasteiger partial charge in [-0.2, -0.15) is 0 Å². The maximum Gasteiger partial charge on any atom is 0.230 e. The van der Waals surface area contributed by atoms with Crippen molar-refractivity contribution in [2.45, 2.75) is 29.7 Å². The van der Waals surface area contributed by atoms with Gasteiger partial charge in [-0.25, -0.2) is 12.8 Å². The quantitative estimate of drug-likeness (QED) is 0.904. The summed E-state index contributed by atoms with van der Waals surface area (Å²) in [5, 5.41) is 2.89. The van der Waals surface area contributed by atoms with Gasteiger partial charge in [-0.1, -0.05) is 24.3 Å². The molecule has 1 aliphatic rings. The van der Waals surface area contributed by atoms with Crippen molar-refractivity contribution in [2.24, 2.45) is 0 Å². The first-order chi connectivity index (χ1) is 11.3. The Labute approximate surface area is 140 Å². The molecule has 1 aliphatic carbocycles. The lowest BCUT2D eigenvalue weighted by Gasteiger charge is -2.16. The van der Waals surface area contributed by atoms with E-state index in [1.165, 1.54) is 24.3 Å². The molecule has 0 heterocycles. The van der Waals surface area contributed by atoms with Crippen molar-refractivity contribution in [1.29, 1.82) is 0 Å². The molecule has 0 aromatic heterocycles. The van der Waals surface area contributed by atoms with Crippen molar-refractivity contribution in [3.8, 4) is 0 Å². The summed E-state index contributed by atoms with van der Waals surface area (Å²) in [4.78, 5) is 12.8. The number of carbonyl (C=O) groups is 1. The summed E-state index contributed by atoms with van der Waals surface area (Å²) in [7, 11) is -3.22. The van der Waals surface area contributed by atoms with Gasteiger partial charge in [0.2, 0.25) is 5.91 Å². The Bertz CT molecular complexity index is 854. The second-order valence-electron chi connectivity index (χ2n) is 6.19. The molecule has 126 valence electrons. The van der Waals surface area contributed by atoms with Crippen molar-refractivity contribution < 1.29 is 17.6 Å². The molecule has 1 saturated carbocycles. The minimum absolute atomic E-state index is 0.0821. The summed E-state index contributed by atoms with van der Waals surface area (Å²) in [6.45, 7) is 0.325. The monoisotopic (exact) mass is 347 g/mol. The highest BCUT2D eigenvalue weighted by atomic mass is 32.2. The number of nitrogens with one attached hydrogen (secondary N) is 1. The molecule has 0 atom stereocenters. The average molecular weight is 347 g/mol. The van der Waals surface area contributed by atoms with Crippen molar-refractivity contribution in [1.82, 2.24) is 5.32 Å². The second-order valence-corrected chi connectivity index (χ2v) is 8.20. The Morgan fingerprint density at radius 2 is 1.67 bits per heavy atom. The van der Waals surface area contributed by atoms with E-state index in [4.69, 9.17) is 0 Å². The van der Waals surface area contributed by atoms with Crippen molar-refractivity contribution in [2.75, 3.05) is 6.26 Å². The molecule has 2 aromatic rings. The topological polar surface area (TPSA) is 63.2 Å². The van der Waals surface area contributed by atoms with E-state index < -0.39 is 15.3 Å². The van der Waals surface area contributed by atoms with Crippen LogP contribution in [0.3, 0.4) is 0 Å². The second kappa shape index (κ2) is 6.02. The van der Waals surface area contributed by atoms with Crippen LogP contribution in [0.4, 0.5) is 4.39 Å². The Morgan fingerprint density at radius 1 is 1.08 bits per heavy atom. The summed E-state index contributed by atoms with van der Waals surface area (Å²) < 4.78 is 35.9. The first-order valence-corrected chi connectivity index (χ1v) is 9.54. The summed E-state index contributed by atoms with van der Waals surface area (Å²) in [5.41, 5.74) is 1.10. The van der Waals surface area contributed by atoms with Crippen LogP contribution in [0.1, 0.15) is 24.0 Å². The first kappa shape index (κ1) is 16.6. The highest BCUT2D eigenvalue weighted by Gasteiger charge is 2.51. The predicted molar refractivity (Wildman–Crippen MR) is 88.7 cm³/mol. The van der Waals surface area contributed by atoms with Crippen LogP contribution in [0.25, 0.3) is 0 Å². The minimum Gasteiger partial charge on any atom is -0.351 e. The van der Waals surface area contributed by atoms with Gasteiger partial charge in [0.15, 0.2) is 9.84 Å². The van der Waals surface area contributed by atoms with Gasteiger partial charge >= 0.3 is 0 Å². The van der Waals surface area contributed by atoms with Gasteiger partial charge in [0.05, 0.1) is 10.3 Å². The standard InChI is InChI=1S/C18H18FNO3S/c1-24(22,23)16-8-2-13(3-9-16)12-20-17(21)18(10-11-18)14-4-6-15(19)7-5-14/h2-9H,10-12H2,1H3,(H,20,21). The van der Waals surface area contributed by atoms with Crippen LogP contribution in [0.5, 0.6) is 0 Å². The van der Waals surface area contributed by atoms with Crippen LogP contribution in [-0.4, -0.2) is 20.6 Å². The summed E-state index contributed by atoms with van der Waals surface area (Å²) in [6.07, 6.45) is 2.65. The van der Waals surface area contributed by atoms with Gasteiger partial charge in [-0.3, -0.25) is 4.79 Å². The van der Waals surface area contributed by atoms with Crippen LogP contribution in [-0.2, 0) is 26.6 Å². The molecule has 0 bridgehead atoms. The zero-order chi connectivity index (χ0) is 17.4. The molecule has 3 rings (SSSR count). The molecule has 4 nitrogen and oxygen atoms in total. The number of hydrogen-bond donors (Lipinski definition) is 1. The molecule has 0 radical (unpaired) electrons. The lowest BCUT2D eigenvalue weighted by Crippen LogP contribution is -2.34. The van der Waals surface area contributed by atoms with Crippen LogP contribution < -0.4 is 5.32 Å². The van der Waals surface area contributed by atoms with E-state index >= 15 is 0 Å². The number of benzene rings is 2. The summed E-state index contributed by atoms with van der Waals surface area (Å²) in [6, 6.07) is 12.5. The maximum absolute atomic E-state index is 13.0. The third-order valence-electron chi connectivity index (χ3n) is 4.39. The van der Waals surface area contributed by atoms with E-state index in [9.17, 15) is 17.6 Å². The lowest BCUT2D eigenvalue weighted by atomic mass is 9.95. The van der Waals surface area contributed by atoms with Crippen molar-refractivity contribution in [3.63, 3.8) is 0 Å². The number of amides is 1. The fraction of sp³-hybridized carbons (Fsp3) is 0.278. The number of hydrogen-bond acceptors (Lipinski definition) is 3. The first-order valence-electron chi connectivity index (χ1n) is 7.65. The van der Waals surface area contributed by atoms with Crippen molar-refractivity contribution in [3.05, 3.63) is 65.5 Å². The Hall–Kier alpha value is -2.21. The molecular weight excluding hydrogens is 329 g/mol. The Balaban J connectivity index is 1.66. The molecule has 0 unspecified atom stereocenters. The maximum atomic E-state index is 13.0. The molecule has 0 spiro atoms.